The van der Waals surface area contributed by atoms with Crippen molar-refractivity contribution in [1.29, 1.82) is 0 Å². The maximum atomic E-state index is 4.29. The van der Waals surface area contributed by atoms with E-state index < -0.39 is 0 Å². The second kappa shape index (κ2) is 8.46. The second-order valence-corrected chi connectivity index (χ2v) is 5.84. The maximum Gasteiger partial charge on any atom is 0.00387 e. The van der Waals surface area contributed by atoms with Gasteiger partial charge in [0.15, 0.2) is 0 Å². The van der Waals surface area contributed by atoms with Crippen LogP contribution < -0.4 is 0 Å². The van der Waals surface area contributed by atoms with Crippen LogP contribution in [0.4, 0.5) is 0 Å². The predicted octanol–water partition coefficient (Wildman–Crippen LogP) is 3.70. The molecule has 0 amide bonds. The van der Waals surface area contributed by atoms with Gasteiger partial charge in [-0.2, -0.15) is 12.6 Å². The van der Waals surface area contributed by atoms with Crippen LogP contribution in [0.15, 0.2) is 0 Å². The number of rotatable bonds is 8. The molecule has 0 aliphatic rings. The molecule has 0 bridgehead atoms. The first-order chi connectivity index (χ1) is 6.97. The van der Waals surface area contributed by atoms with Crippen LogP contribution in [0.25, 0.3) is 0 Å². The van der Waals surface area contributed by atoms with Crippen LogP contribution in [0.2, 0.25) is 0 Å². The molecular formula is C13H29NS. The van der Waals surface area contributed by atoms with E-state index >= 15 is 0 Å². The predicted molar refractivity (Wildman–Crippen MR) is 73.8 cm³/mol. The Morgan fingerprint density at radius 2 is 1.60 bits per heavy atom. The average molecular weight is 231 g/mol. The molecule has 2 heteroatoms. The summed E-state index contributed by atoms with van der Waals surface area (Å²) in [7, 11) is 0. The fourth-order valence-corrected chi connectivity index (χ4v) is 2.22. The van der Waals surface area contributed by atoms with Gasteiger partial charge in [0.25, 0.3) is 0 Å². The Morgan fingerprint density at radius 1 is 1.00 bits per heavy atom. The minimum Gasteiger partial charge on any atom is -0.301 e. The molecule has 0 aromatic heterocycles. The normalized spacial score (nSPS) is 14.2. The molecule has 0 aromatic carbocycles. The molecule has 1 unspecified atom stereocenters. The quantitative estimate of drug-likeness (QED) is 0.623. The van der Waals surface area contributed by atoms with Gasteiger partial charge in [-0.25, -0.2) is 0 Å². The van der Waals surface area contributed by atoms with Gasteiger partial charge >= 0.3 is 0 Å². The molecule has 92 valence electrons. The van der Waals surface area contributed by atoms with Gasteiger partial charge in [-0.3, -0.25) is 0 Å². The monoisotopic (exact) mass is 231 g/mol. The summed E-state index contributed by atoms with van der Waals surface area (Å²) in [5, 5.41) is 0. The summed E-state index contributed by atoms with van der Waals surface area (Å²) in [5.41, 5.74) is 0. The highest BCUT2D eigenvalue weighted by atomic mass is 32.1. The summed E-state index contributed by atoms with van der Waals surface area (Å²) in [6, 6.07) is 0.676. The Balaban J connectivity index is 3.85. The van der Waals surface area contributed by atoms with Gasteiger partial charge in [0, 0.05) is 12.6 Å². The summed E-state index contributed by atoms with van der Waals surface area (Å²) in [6.07, 6.45) is 2.56. The summed E-state index contributed by atoms with van der Waals surface area (Å²) >= 11 is 4.29. The van der Waals surface area contributed by atoms with Gasteiger partial charge in [-0.05, 0) is 50.8 Å². The highest BCUT2D eigenvalue weighted by Gasteiger charge is 2.12. The molecule has 0 spiro atoms. The second-order valence-electron chi connectivity index (χ2n) is 5.39. The maximum absolute atomic E-state index is 4.29. The highest BCUT2D eigenvalue weighted by Crippen LogP contribution is 2.12. The topological polar surface area (TPSA) is 3.24 Å². The van der Waals surface area contributed by atoms with Crippen molar-refractivity contribution in [1.82, 2.24) is 4.90 Å². The summed E-state index contributed by atoms with van der Waals surface area (Å²) in [5.74, 6) is 2.61. The third-order valence-corrected chi connectivity index (χ3v) is 3.12. The van der Waals surface area contributed by atoms with E-state index in [9.17, 15) is 0 Å². The highest BCUT2D eigenvalue weighted by molar-refractivity contribution is 7.80. The van der Waals surface area contributed by atoms with Crippen LogP contribution in [-0.4, -0.2) is 29.8 Å². The van der Waals surface area contributed by atoms with Crippen molar-refractivity contribution in [2.45, 2.75) is 53.5 Å². The Bertz CT molecular complexity index is 145. The molecule has 0 saturated heterocycles. The van der Waals surface area contributed by atoms with E-state index in [2.05, 4.69) is 52.1 Å². The van der Waals surface area contributed by atoms with Crippen LogP contribution in [-0.2, 0) is 0 Å². The van der Waals surface area contributed by atoms with Crippen LogP contribution >= 0.6 is 12.6 Å². The van der Waals surface area contributed by atoms with Crippen LogP contribution in [0.5, 0.6) is 0 Å². The third kappa shape index (κ3) is 8.15. The molecular weight excluding hydrogens is 202 g/mol. The van der Waals surface area contributed by atoms with Crippen LogP contribution in [0, 0.1) is 11.8 Å². The first kappa shape index (κ1) is 15.3. The molecule has 1 atom stereocenters. The smallest absolute Gasteiger partial charge is 0.00387 e. The first-order valence-electron chi connectivity index (χ1n) is 6.32. The molecule has 0 fully saturated rings. The average Bonchev–Trinajstić information content (AvgIpc) is 2.11. The number of hydrogen-bond donors (Lipinski definition) is 1. The Morgan fingerprint density at radius 3 is 2.00 bits per heavy atom. The largest absolute Gasteiger partial charge is 0.301 e. The zero-order valence-corrected chi connectivity index (χ0v) is 12.1. The van der Waals surface area contributed by atoms with E-state index in [0.29, 0.717) is 6.04 Å². The molecule has 0 saturated carbocycles. The lowest BCUT2D eigenvalue weighted by Crippen LogP contribution is -2.35. The van der Waals surface area contributed by atoms with Gasteiger partial charge < -0.3 is 4.90 Å². The Labute approximate surface area is 102 Å². The van der Waals surface area contributed by atoms with Crippen LogP contribution in [0.3, 0.4) is 0 Å². The Hall–Kier alpha value is 0.310. The van der Waals surface area contributed by atoms with Crippen LogP contribution in [0.1, 0.15) is 47.5 Å². The molecule has 1 nitrogen and oxygen atoms in total. The third-order valence-electron chi connectivity index (χ3n) is 2.86. The van der Waals surface area contributed by atoms with Crippen molar-refractivity contribution in [3.8, 4) is 0 Å². The molecule has 0 N–H and O–H groups in total. The van der Waals surface area contributed by atoms with E-state index in [1.54, 1.807) is 0 Å². The molecule has 0 aliphatic carbocycles. The van der Waals surface area contributed by atoms with Crippen molar-refractivity contribution < 1.29 is 0 Å². The molecule has 0 aliphatic heterocycles. The van der Waals surface area contributed by atoms with Gasteiger partial charge in [-0.1, -0.05) is 20.8 Å². The van der Waals surface area contributed by atoms with E-state index in [0.717, 1.165) is 17.6 Å². The van der Waals surface area contributed by atoms with E-state index in [-0.39, 0.29) is 0 Å². The molecule has 0 rings (SSSR count). The molecule has 0 radical (unpaired) electrons. The van der Waals surface area contributed by atoms with Crippen molar-refractivity contribution in [2.24, 2.45) is 11.8 Å². The molecule has 0 heterocycles. The number of hydrogen-bond acceptors (Lipinski definition) is 2. The zero-order chi connectivity index (χ0) is 11.8. The SMILES string of the molecule is CC(C)CN(CCC(C)CCS)C(C)C. The lowest BCUT2D eigenvalue weighted by molar-refractivity contribution is 0.185. The van der Waals surface area contributed by atoms with Gasteiger partial charge in [0.1, 0.15) is 0 Å². The zero-order valence-electron chi connectivity index (χ0n) is 11.2. The van der Waals surface area contributed by atoms with Gasteiger partial charge in [0.05, 0.1) is 0 Å². The minimum absolute atomic E-state index is 0.676. The number of thiol groups is 1. The fourth-order valence-electron chi connectivity index (χ4n) is 1.78. The Kier molecular flexibility index (Phi) is 8.64. The minimum atomic E-state index is 0.676. The summed E-state index contributed by atoms with van der Waals surface area (Å²) in [4.78, 5) is 2.60. The van der Waals surface area contributed by atoms with Crippen molar-refractivity contribution >= 4 is 12.6 Å². The first-order valence-corrected chi connectivity index (χ1v) is 6.95. The van der Waals surface area contributed by atoms with Gasteiger partial charge in [0.2, 0.25) is 0 Å². The molecule has 15 heavy (non-hydrogen) atoms. The van der Waals surface area contributed by atoms with Gasteiger partial charge in [-0.15, -0.1) is 0 Å². The van der Waals surface area contributed by atoms with E-state index in [1.807, 2.05) is 0 Å². The lowest BCUT2D eigenvalue weighted by Gasteiger charge is -2.29. The van der Waals surface area contributed by atoms with Crippen molar-refractivity contribution in [2.75, 3.05) is 18.8 Å². The number of nitrogens with zero attached hydrogens (tertiary/aromatic N) is 1. The molecule has 0 aromatic rings. The summed E-state index contributed by atoms with van der Waals surface area (Å²) in [6.45, 7) is 14.0. The van der Waals surface area contributed by atoms with E-state index in [1.165, 1.54) is 25.9 Å². The summed E-state index contributed by atoms with van der Waals surface area (Å²) < 4.78 is 0. The fraction of sp³-hybridized carbons (Fsp3) is 1.00. The van der Waals surface area contributed by atoms with Crippen molar-refractivity contribution in [3.05, 3.63) is 0 Å². The lowest BCUT2D eigenvalue weighted by atomic mass is 10.0. The van der Waals surface area contributed by atoms with E-state index in [4.69, 9.17) is 0 Å². The van der Waals surface area contributed by atoms with Crippen molar-refractivity contribution in [3.63, 3.8) is 0 Å². The standard InChI is InChI=1S/C13H29NS/c1-11(2)10-14(12(3)4)8-6-13(5)7-9-15/h11-13,15H,6-10H2,1-5H3.